The summed E-state index contributed by atoms with van der Waals surface area (Å²) in [6, 6.07) is 25.9. The number of ether oxygens (including phenoxy) is 2. The molecule has 0 fully saturated rings. The fourth-order valence-electron chi connectivity index (χ4n) is 4.18. The zero-order valence-corrected chi connectivity index (χ0v) is 23.6. The number of aromatic nitrogens is 2. The predicted molar refractivity (Wildman–Crippen MR) is 157 cm³/mol. The lowest BCUT2D eigenvalue weighted by Crippen LogP contribution is -2.40. The number of nitrogens with one attached hydrogen (secondary N) is 3. The van der Waals surface area contributed by atoms with Crippen LogP contribution in [0.5, 0.6) is 0 Å². The molecule has 0 aliphatic heterocycles. The van der Waals surface area contributed by atoms with Crippen LogP contribution in [0.1, 0.15) is 56.7 Å². The molecule has 4 rings (SSSR count). The van der Waals surface area contributed by atoms with Crippen molar-refractivity contribution < 1.29 is 33.8 Å². The molecule has 12 heteroatoms. The summed E-state index contributed by atoms with van der Waals surface area (Å²) in [4.78, 5) is 69.4. The van der Waals surface area contributed by atoms with Crippen LogP contribution in [0, 0.1) is 0 Å². The van der Waals surface area contributed by atoms with Crippen molar-refractivity contribution in [1.82, 2.24) is 20.6 Å². The minimum atomic E-state index is -1.86. The number of aliphatic hydroxyl groups excluding tert-OH is 1. The van der Waals surface area contributed by atoms with Crippen molar-refractivity contribution in [2.45, 2.75) is 25.2 Å². The first-order valence-electron chi connectivity index (χ1n) is 13.7. The van der Waals surface area contributed by atoms with Gasteiger partial charge in [-0.3, -0.25) is 14.4 Å². The number of hydrogen-bond acceptors (Lipinski definition) is 9. The average Bonchev–Trinajstić information content (AvgIpc) is 3.05. The zero-order valence-electron chi connectivity index (χ0n) is 23.6. The molecule has 0 radical (unpaired) electrons. The summed E-state index contributed by atoms with van der Waals surface area (Å²) in [5, 5.41) is 15.4. The van der Waals surface area contributed by atoms with Crippen LogP contribution in [-0.4, -0.2) is 58.1 Å². The van der Waals surface area contributed by atoms with E-state index in [1.807, 2.05) is 60.7 Å². The number of hydrogen-bond donors (Lipinski definition) is 4. The van der Waals surface area contributed by atoms with Crippen LogP contribution in [0.4, 0.5) is 0 Å². The molecule has 226 valence electrons. The second-order valence-corrected chi connectivity index (χ2v) is 9.41. The number of H-pyrrole nitrogens is 1. The first-order chi connectivity index (χ1) is 21.3. The van der Waals surface area contributed by atoms with Crippen molar-refractivity contribution in [2.24, 2.45) is 0 Å². The summed E-state index contributed by atoms with van der Waals surface area (Å²) in [5.41, 5.74) is 0.722. The number of amides is 2. The van der Waals surface area contributed by atoms with E-state index in [4.69, 9.17) is 9.47 Å². The fourth-order valence-corrected chi connectivity index (χ4v) is 4.18. The van der Waals surface area contributed by atoms with Crippen LogP contribution in [0.2, 0.25) is 0 Å². The van der Waals surface area contributed by atoms with E-state index in [0.29, 0.717) is 5.56 Å². The Bertz CT molecular complexity index is 1610. The van der Waals surface area contributed by atoms with Crippen LogP contribution in [0.25, 0.3) is 0 Å². The van der Waals surface area contributed by atoms with Gasteiger partial charge in [-0.05, 0) is 18.1 Å². The van der Waals surface area contributed by atoms with Crippen LogP contribution < -0.4 is 16.2 Å². The Kier molecular flexibility index (Phi) is 10.7. The third-order valence-electron chi connectivity index (χ3n) is 6.37. The van der Waals surface area contributed by atoms with Crippen molar-refractivity contribution in [3.8, 4) is 0 Å². The molecule has 4 aromatic rings. The van der Waals surface area contributed by atoms with Gasteiger partial charge in [0.2, 0.25) is 6.10 Å². The number of esters is 2. The SMILES string of the molecule is CCOC(=O)C(OC(=O)[C@H](O)CNC(=O)c1ncc(C(=O)NC(c2ccccc2)c2ccccc2)c(=O)[nH]1)c1ccccc1. The first-order valence-corrected chi connectivity index (χ1v) is 13.7. The van der Waals surface area contributed by atoms with Gasteiger partial charge in [0, 0.05) is 11.8 Å². The van der Waals surface area contributed by atoms with Gasteiger partial charge in [0.25, 0.3) is 17.4 Å². The summed E-state index contributed by atoms with van der Waals surface area (Å²) in [6.45, 7) is 1.02. The number of carbonyl (C=O) groups is 4. The number of aromatic amines is 1. The maximum absolute atomic E-state index is 13.1. The number of nitrogens with zero attached hydrogens (tertiary/aromatic N) is 1. The molecule has 0 bridgehead atoms. The number of benzene rings is 3. The third kappa shape index (κ3) is 8.01. The first kappa shape index (κ1) is 31.3. The summed E-state index contributed by atoms with van der Waals surface area (Å²) in [7, 11) is 0. The number of rotatable bonds is 12. The van der Waals surface area contributed by atoms with E-state index in [-0.39, 0.29) is 12.2 Å². The molecular weight excluding hydrogens is 568 g/mol. The van der Waals surface area contributed by atoms with Gasteiger partial charge in [0.15, 0.2) is 11.9 Å². The van der Waals surface area contributed by atoms with Gasteiger partial charge in [-0.15, -0.1) is 0 Å². The monoisotopic (exact) mass is 598 g/mol. The Balaban J connectivity index is 1.39. The third-order valence-corrected chi connectivity index (χ3v) is 6.37. The largest absolute Gasteiger partial charge is 0.463 e. The molecular formula is C32H30N4O8. The van der Waals surface area contributed by atoms with E-state index in [0.717, 1.165) is 17.3 Å². The minimum Gasteiger partial charge on any atom is -0.463 e. The summed E-state index contributed by atoms with van der Waals surface area (Å²) < 4.78 is 10.1. The van der Waals surface area contributed by atoms with E-state index < -0.39 is 59.9 Å². The van der Waals surface area contributed by atoms with Gasteiger partial charge in [-0.2, -0.15) is 0 Å². The molecule has 44 heavy (non-hydrogen) atoms. The lowest BCUT2D eigenvalue weighted by Gasteiger charge is -2.20. The second-order valence-electron chi connectivity index (χ2n) is 9.41. The smallest absolute Gasteiger partial charge is 0.352 e. The normalized spacial score (nSPS) is 12.1. The Morgan fingerprint density at radius 1 is 0.818 bits per heavy atom. The molecule has 4 N–H and O–H groups in total. The molecule has 2 atom stereocenters. The molecule has 2 amide bonds. The van der Waals surface area contributed by atoms with E-state index in [9.17, 15) is 29.1 Å². The van der Waals surface area contributed by atoms with E-state index in [2.05, 4.69) is 20.6 Å². The van der Waals surface area contributed by atoms with Gasteiger partial charge in [0.1, 0.15) is 5.56 Å². The van der Waals surface area contributed by atoms with Gasteiger partial charge in [-0.1, -0.05) is 91.0 Å². The van der Waals surface area contributed by atoms with E-state index in [1.165, 1.54) is 0 Å². The van der Waals surface area contributed by atoms with Crippen molar-refractivity contribution in [3.05, 3.63) is 136 Å². The molecule has 12 nitrogen and oxygen atoms in total. The molecule has 1 aromatic heterocycles. The Morgan fingerprint density at radius 3 is 1.89 bits per heavy atom. The Labute approximate surface area is 252 Å². The molecule has 0 aliphatic rings. The zero-order chi connectivity index (χ0) is 31.5. The van der Waals surface area contributed by atoms with Crippen molar-refractivity contribution in [2.75, 3.05) is 13.2 Å². The predicted octanol–water partition coefficient (Wildman–Crippen LogP) is 2.23. The molecule has 0 aliphatic carbocycles. The molecule has 1 unspecified atom stereocenters. The van der Waals surface area contributed by atoms with E-state index >= 15 is 0 Å². The number of carbonyl (C=O) groups excluding carboxylic acids is 4. The maximum atomic E-state index is 13.1. The summed E-state index contributed by atoms with van der Waals surface area (Å²) in [5.74, 6) is -4.11. The highest BCUT2D eigenvalue weighted by atomic mass is 16.6. The van der Waals surface area contributed by atoms with Crippen molar-refractivity contribution >= 4 is 23.8 Å². The molecule has 3 aromatic carbocycles. The Hall–Kier alpha value is -5.62. The number of aliphatic hydroxyl groups is 1. The van der Waals surface area contributed by atoms with E-state index in [1.54, 1.807) is 37.3 Å². The molecule has 0 saturated carbocycles. The highest BCUT2D eigenvalue weighted by Gasteiger charge is 2.30. The average molecular weight is 599 g/mol. The molecule has 0 saturated heterocycles. The summed E-state index contributed by atoms with van der Waals surface area (Å²) >= 11 is 0. The second kappa shape index (κ2) is 15.0. The van der Waals surface area contributed by atoms with Crippen LogP contribution in [-0.2, 0) is 19.1 Å². The lowest BCUT2D eigenvalue weighted by atomic mass is 9.98. The van der Waals surface area contributed by atoms with Gasteiger partial charge < -0.3 is 30.2 Å². The van der Waals surface area contributed by atoms with Crippen LogP contribution in [0.15, 0.2) is 102 Å². The van der Waals surface area contributed by atoms with Gasteiger partial charge >= 0.3 is 11.9 Å². The van der Waals surface area contributed by atoms with Crippen molar-refractivity contribution in [1.29, 1.82) is 0 Å². The van der Waals surface area contributed by atoms with Gasteiger partial charge in [-0.25, -0.2) is 14.6 Å². The van der Waals surface area contributed by atoms with Crippen LogP contribution >= 0.6 is 0 Å². The van der Waals surface area contributed by atoms with Crippen LogP contribution in [0.3, 0.4) is 0 Å². The molecule has 0 spiro atoms. The molecule has 1 heterocycles. The standard InChI is InChI=1S/C32H30N4O8/c1-2-43-32(42)26(22-16-10-5-11-17-22)44-31(41)24(37)19-34-30(40)27-33-18-23(29(39)36-27)28(38)35-25(20-12-6-3-7-13-20)21-14-8-4-9-15-21/h3-18,24-26,37H,2,19H2,1H3,(H,34,40)(H,35,38)(H,33,36,39)/t24-,26?/m1/s1. The van der Waals surface area contributed by atoms with Crippen molar-refractivity contribution in [3.63, 3.8) is 0 Å². The topological polar surface area (TPSA) is 177 Å². The Morgan fingerprint density at radius 2 is 1.36 bits per heavy atom. The quantitative estimate of drug-likeness (QED) is 0.178. The fraction of sp³-hybridized carbons (Fsp3) is 0.188. The maximum Gasteiger partial charge on any atom is 0.352 e. The lowest BCUT2D eigenvalue weighted by molar-refractivity contribution is -0.173. The highest BCUT2D eigenvalue weighted by molar-refractivity contribution is 5.95. The summed E-state index contributed by atoms with van der Waals surface area (Å²) in [6.07, 6.45) is -2.32. The van der Waals surface area contributed by atoms with Gasteiger partial charge in [0.05, 0.1) is 19.2 Å². The highest BCUT2D eigenvalue weighted by Crippen LogP contribution is 2.22. The minimum absolute atomic E-state index is 0.0462.